The molecule has 0 fully saturated rings. The maximum atomic E-state index is 13.2. The fraction of sp³-hybridized carbons (Fsp3) is 0.370. The van der Waals surface area contributed by atoms with Crippen LogP contribution in [-0.2, 0) is 16.1 Å². The van der Waals surface area contributed by atoms with E-state index in [0.29, 0.717) is 29.9 Å². The van der Waals surface area contributed by atoms with Gasteiger partial charge < -0.3 is 14.8 Å². The molecule has 0 radical (unpaired) electrons. The summed E-state index contributed by atoms with van der Waals surface area (Å²) < 4.78 is 14.4. The van der Waals surface area contributed by atoms with Gasteiger partial charge in [0.2, 0.25) is 11.1 Å². The fourth-order valence-corrected chi connectivity index (χ4v) is 5.02. The van der Waals surface area contributed by atoms with Crippen molar-refractivity contribution in [2.24, 2.45) is 0 Å². The Hall–Kier alpha value is -2.78. The van der Waals surface area contributed by atoms with Crippen LogP contribution < -0.4 is 10.1 Å². The maximum absolute atomic E-state index is 13.2. The monoisotopic (exact) mass is 570 g/mol. The number of halogens is 1. The molecule has 0 spiro atoms. The van der Waals surface area contributed by atoms with Gasteiger partial charge in [0.15, 0.2) is 0 Å². The highest BCUT2D eigenvalue weighted by atomic mass is 79.9. The van der Waals surface area contributed by atoms with Gasteiger partial charge in [-0.3, -0.25) is 0 Å². The molecule has 0 saturated carbocycles. The Labute approximate surface area is 224 Å². The van der Waals surface area contributed by atoms with Gasteiger partial charge in [-0.25, -0.2) is 9.48 Å². The van der Waals surface area contributed by atoms with Gasteiger partial charge in [-0.2, -0.15) is 4.98 Å². The number of carbonyl (C=O) groups is 1. The summed E-state index contributed by atoms with van der Waals surface area (Å²) in [6, 6.07) is 15.4. The van der Waals surface area contributed by atoms with E-state index in [1.807, 2.05) is 55.5 Å². The van der Waals surface area contributed by atoms with Crippen molar-refractivity contribution in [2.75, 3.05) is 17.7 Å². The van der Waals surface area contributed by atoms with Crippen molar-refractivity contribution >= 4 is 39.6 Å². The molecule has 0 aliphatic carbocycles. The third kappa shape index (κ3) is 6.31. The Balaban J connectivity index is 1.61. The van der Waals surface area contributed by atoms with Crippen LogP contribution in [0.3, 0.4) is 0 Å². The number of anilines is 1. The zero-order chi connectivity index (χ0) is 25.5. The smallest absolute Gasteiger partial charge is 0.338 e. The first-order valence-corrected chi connectivity index (χ1v) is 14.0. The molecule has 0 saturated heterocycles. The largest absolute Gasteiger partial charge is 0.489 e. The number of rotatable bonds is 11. The van der Waals surface area contributed by atoms with Crippen molar-refractivity contribution in [3.8, 4) is 5.75 Å². The molecule has 0 amide bonds. The average molecular weight is 572 g/mol. The molecule has 1 unspecified atom stereocenters. The standard InChI is InChI=1S/C27H31BrN4O3S/c1-4-6-14-34-25(33)23-18(3)29-26-30-27(36-15-5-2)31-32(26)24(23)20-10-12-22(13-11-20)35-17-19-8-7-9-21(28)16-19/h7-13,16,24H,4-6,14-15,17H2,1-3H3,(H,29,30,31). The van der Waals surface area contributed by atoms with Crippen LogP contribution in [0, 0.1) is 0 Å². The van der Waals surface area contributed by atoms with E-state index in [0.717, 1.165) is 52.1 Å². The minimum atomic E-state index is -0.446. The lowest BCUT2D eigenvalue weighted by molar-refractivity contribution is -0.139. The second-order valence-corrected chi connectivity index (χ2v) is 10.5. The number of unbranched alkanes of at least 4 members (excludes halogenated alkanes) is 1. The maximum Gasteiger partial charge on any atom is 0.338 e. The fourth-order valence-electron chi connectivity index (χ4n) is 3.89. The summed E-state index contributed by atoms with van der Waals surface area (Å²) in [7, 11) is 0. The number of esters is 1. The normalized spacial score (nSPS) is 14.8. The van der Waals surface area contributed by atoms with Gasteiger partial charge in [0, 0.05) is 15.9 Å². The molecule has 0 bridgehead atoms. The Kier molecular flexibility index (Phi) is 9.09. The first-order valence-electron chi connectivity index (χ1n) is 12.2. The summed E-state index contributed by atoms with van der Waals surface area (Å²) in [5.41, 5.74) is 3.25. The minimum Gasteiger partial charge on any atom is -0.489 e. The molecule has 1 aliphatic rings. The second-order valence-electron chi connectivity index (χ2n) is 8.55. The highest BCUT2D eigenvalue weighted by Gasteiger charge is 2.35. The molecule has 4 rings (SSSR count). The second kappa shape index (κ2) is 12.5. The van der Waals surface area contributed by atoms with E-state index in [1.165, 1.54) is 0 Å². The van der Waals surface area contributed by atoms with Crippen LogP contribution in [0.1, 0.15) is 57.2 Å². The van der Waals surface area contributed by atoms with E-state index in [2.05, 4.69) is 40.1 Å². The number of nitrogens with zero attached hydrogens (tertiary/aromatic N) is 3. The zero-order valence-electron chi connectivity index (χ0n) is 20.8. The molecule has 3 aromatic rings. The minimum absolute atomic E-state index is 0.336. The van der Waals surface area contributed by atoms with Gasteiger partial charge in [0.1, 0.15) is 18.4 Å². The Morgan fingerprint density at radius 1 is 1.17 bits per heavy atom. The van der Waals surface area contributed by atoms with Crippen molar-refractivity contribution in [2.45, 2.75) is 57.8 Å². The van der Waals surface area contributed by atoms with Gasteiger partial charge in [0.05, 0.1) is 12.2 Å². The molecular formula is C27H31BrN4O3S. The highest BCUT2D eigenvalue weighted by molar-refractivity contribution is 9.10. The molecule has 1 atom stereocenters. The lowest BCUT2D eigenvalue weighted by Crippen LogP contribution is -2.29. The van der Waals surface area contributed by atoms with Crippen LogP contribution in [0.2, 0.25) is 0 Å². The number of benzene rings is 2. The number of allylic oxidation sites excluding steroid dienone is 1. The first kappa shape index (κ1) is 26.3. The molecule has 1 aromatic heterocycles. The third-order valence-corrected chi connectivity index (χ3v) is 7.25. The van der Waals surface area contributed by atoms with E-state index in [-0.39, 0.29) is 5.97 Å². The zero-order valence-corrected chi connectivity index (χ0v) is 23.2. The van der Waals surface area contributed by atoms with Crippen molar-refractivity contribution in [1.29, 1.82) is 0 Å². The van der Waals surface area contributed by atoms with E-state index < -0.39 is 6.04 Å². The quantitative estimate of drug-likeness (QED) is 0.155. The third-order valence-electron chi connectivity index (χ3n) is 5.71. The Morgan fingerprint density at radius 2 is 1.97 bits per heavy atom. The van der Waals surface area contributed by atoms with Crippen LogP contribution in [0.15, 0.2) is 69.4 Å². The number of ether oxygens (including phenoxy) is 2. The van der Waals surface area contributed by atoms with Gasteiger partial charge >= 0.3 is 5.97 Å². The van der Waals surface area contributed by atoms with Crippen LogP contribution in [0.4, 0.5) is 5.95 Å². The summed E-state index contributed by atoms with van der Waals surface area (Å²) in [5, 5.41) is 8.69. The molecular weight excluding hydrogens is 540 g/mol. The van der Waals surface area contributed by atoms with E-state index in [1.54, 1.807) is 16.4 Å². The van der Waals surface area contributed by atoms with Crippen molar-refractivity contribution < 1.29 is 14.3 Å². The molecule has 1 N–H and O–H groups in total. The summed E-state index contributed by atoms with van der Waals surface area (Å²) in [4.78, 5) is 17.9. The van der Waals surface area contributed by atoms with E-state index in [4.69, 9.17) is 14.6 Å². The van der Waals surface area contributed by atoms with Crippen LogP contribution in [0.25, 0.3) is 0 Å². The molecule has 2 aromatic carbocycles. The Bertz CT molecular complexity index is 1230. The predicted molar refractivity (Wildman–Crippen MR) is 146 cm³/mol. The number of hydrogen-bond acceptors (Lipinski definition) is 7. The van der Waals surface area contributed by atoms with Crippen LogP contribution in [-0.4, -0.2) is 33.1 Å². The highest BCUT2D eigenvalue weighted by Crippen LogP contribution is 2.37. The summed E-state index contributed by atoms with van der Waals surface area (Å²) in [5.74, 6) is 1.96. The van der Waals surface area contributed by atoms with Gasteiger partial charge in [0.25, 0.3) is 0 Å². The summed E-state index contributed by atoms with van der Waals surface area (Å²) in [6.45, 7) is 6.94. The lowest BCUT2D eigenvalue weighted by Gasteiger charge is -2.28. The van der Waals surface area contributed by atoms with E-state index >= 15 is 0 Å². The average Bonchev–Trinajstić information content (AvgIpc) is 3.28. The number of fused-ring (bicyclic) bond motifs is 1. The number of thioether (sulfide) groups is 1. The Morgan fingerprint density at radius 3 is 2.69 bits per heavy atom. The van der Waals surface area contributed by atoms with Gasteiger partial charge in [-0.05, 0) is 55.2 Å². The summed E-state index contributed by atoms with van der Waals surface area (Å²) in [6.07, 6.45) is 2.81. The molecule has 2 heterocycles. The first-order chi connectivity index (χ1) is 17.5. The van der Waals surface area contributed by atoms with Gasteiger partial charge in [-0.15, -0.1) is 5.10 Å². The SMILES string of the molecule is CCCCOC(=O)C1=C(C)Nc2nc(SCCC)nn2C1c1ccc(OCc2cccc(Br)c2)cc1. The topological polar surface area (TPSA) is 78.3 Å². The number of aromatic nitrogens is 3. The molecule has 7 nitrogen and oxygen atoms in total. The molecule has 9 heteroatoms. The molecule has 190 valence electrons. The number of nitrogens with one attached hydrogen (secondary N) is 1. The van der Waals surface area contributed by atoms with Crippen molar-refractivity contribution in [3.05, 3.63) is 75.4 Å². The van der Waals surface area contributed by atoms with Crippen molar-refractivity contribution in [1.82, 2.24) is 14.8 Å². The van der Waals surface area contributed by atoms with Gasteiger partial charge in [-0.1, -0.05) is 72.2 Å². The van der Waals surface area contributed by atoms with E-state index in [9.17, 15) is 4.79 Å². The number of carbonyl (C=O) groups excluding carboxylic acids is 1. The van der Waals surface area contributed by atoms with Crippen LogP contribution in [0.5, 0.6) is 5.75 Å². The molecule has 1 aliphatic heterocycles. The van der Waals surface area contributed by atoms with Crippen molar-refractivity contribution in [3.63, 3.8) is 0 Å². The summed E-state index contributed by atoms with van der Waals surface area (Å²) >= 11 is 5.10. The lowest BCUT2D eigenvalue weighted by atomic mass is 9.96. The molecule has 36 heavy (non-hydrogen) atoms. The number of hydrogen-bond donors (Lipinski definition) is 1. The van der Waals surface area contributed by atoms with Crippen LogP contribution >= 0.6 is 27.7 Å². The predicted octanol–water partition coefficient (Wildman–Crippen LogP) is 6.75.